The average Bonchev–Trinajstić information content (AvgIpc) is 2.74. The van der Waals surface area contributed by atoms with E-state index in [1.807, 2.05) is 0 Å². The molecule has 0 radical (unpaired) electrons. The fraction of sp³-hybridized carbons (Fsp3) is 0.600. The Labute approximate surface area is 94.2 Å². The molecule has 0 spiro atoms. The van der Waals surface area contributed by atoms with Crippen LogP contribution in [0.1, 0.15) is 12.8 Å². The van der Waals surface area contributed by atoms with Crippen LogP contribution in [0.2, 0.25) is 0 Å². The third-order valence-corrected chi connectivity index (χ3v) is 2.77. The lowest BCUT2D eigenvalue weighted by molar-refractivity contribution is -0.117. The van der Waals surface area contributed by atoms with Crippen molar-refractivity contribution < 1.29 is 4.79 Å². The standard InChI is InChI=1S/C10H17N5O/c11-8-2-5-15(6-3-8)7-10(16)13-9-1-4-12-14-9/h1,4,8H,2-3,5-7,11H2,(H2,12,13,14,16). The largest absolute Gasteiger partial charge is 0.328 e. The number of aromatic nitrogens is 2. The predicted octanol–water partition coefficient (Wildman–Crippen LogP) is -0.229. The summed E-state index contributed by atoms with van der Waals surface area (Å²) in [7, 11) is 0. The van der Waals surface area contributed by atoms with Crippen molar-refractivity contribution in [2.75, 3.05) is 25.0 Å². The summed E-state index contributed by atoms with van der Waals surface area (Å²) in [4.78, 5) is 13.7. The van der Waals surface area contributed by atoms with Crippen LogP contribution < -0.4 is 11.1 Å². The van der Waals surface area contributed by atoms with Gasteiger partial charge in [-0.25, -0.2) is 0 Å². The maximum absolute atomic E-state index is 11.6. The van der Waals surface area contributed by atoms with Gasteiger partial charge in [-0.05, 0) is 12.8 Å². The molecule has 88 valence electrons. The summed E-state index contributed by atoms with van der Waals surface area (Å²) in [6.07, 6.45) is 3.55. The molecule has 0 unspecified atom stereocenters. The van der Waals surface area contributed by atoms with E-state index in [1.54, 1.807) is 12.3 Å². The van der Waals surface area contributed by atoms with Crippen molar-refractivity contribution in [3.63, 3.8) is 0 Å². The summed E-state index contributed by atoms with van der Waals surface area (Å²) in [5.74, 6) is 0.624. The molecule has 1 aliphatic heterocycles. The number of amides is 1. The fourth-order valence-electron chi connectivity index (χ4n) is 1.83. The highest BCUT2D eigenvalue weighted by Crippen LogP contribution is 2.08. The molecule has 6 heteroatoms. The van der Waals surface area contributed by atoms with Crippen molar-refractivity contribution in [1.29, 1.82) is 0 Å². The second kappa shape index (κ2) is 5.09. The maximum Gasteiger partial charge on any atom is 0.239 e. The van der Waals surface area contributed by atoms with Crippen molar-refractivity contribution in [3.8, 4) is 0 Å². The van der Waals surface area contributed by atoms with Gasteiger partial charge in [0.25, 0.3) is 0 Å². The SMILES string of the molecule is NC1CCN(CC(=O)Nc2ccn[nH]2)CC1. The zero-order valence-electron chi connectivity index (χ0n) is 9.15. The number of likely N-dealkylation sites (tertiary alicyclic amines) is 1. The molecule has 0 bridgehead atoms. The highest BCUT2D eigenvalue weighted by atomic mass is 16.2. The van der Waals surface area contributed by atoms with Crippen LogP contribution in [0.3, 0.4) is 0 Å². The van der Waals surface area contributed by atoms with Crippen LogP contribution in [0.15, 0.2) is 12.3 Å². The van der Waals surface area contributed by atoms with Crippen LogP contribution in [-0.4, -0.2) is 46.7 Å². The lowest BCUT2D eigenvalue weighted by atomic mass is 10.1. The molecule has 1 aliphatic rings. The molecule has 0 aliphatic carbocycles. The van der Waals surface area contributed by atoms with Gasteiger partial charge in [0.05, 0.1) is 12.7 Å². The zero-order valence-corrected chi connectivity index (χ0v) is 9.15. The third kappa shape index (κ3) is 3.04. The first-order valence-corrected chi connectivity index (χ1v) is 5.51. The van der Waals surface area contributed by atoms with Gasteiger partial charge in [-0.2, -0.15) is 5.10 Å². The Morgan fingerprint density at radius 1 is 1.62 bits per heavy atom. The fourth-order valence-corrected chi connectivity index (χ4v) is 1.83. The Bertz CT molecular complexity index is 329. The second-order valence-electron chi connectivity index (χ2n) is 4.13. The normalized spacial score (nSPS) is 18.6. The number of aromatic amines is 1. The first kappa shape index (κ1) is 11.1. The van der Waals surface area contributed by atoms with Crippen LogP contribution >= 0.6 is 0 Å². The lowest BCUT2D eigenvalue weighted by Crippen LogP contribution is -2.43. The summed E-state index contributed by atoms with van der Waals surface area (Å²) in [6, 6.07) is 2.02. The van der Waals surface area contributed by atoms with E-state index >= 15 is 0 Å². The van der Waals surface area contributed by atoms with Gasteiger partial charge in [-0.1, -0.05) is 0 Å². The summed E-state index contributed by atoms with van der Waals surface area (Å²) < 4.78 is 0. The zero-order chi connectivity index (χ0) is 11.4. The molecule has 6 nitrogen and oxygen atoms in total. The van der Waals surface area contributed by atoms with Crippen LogP contribution in [0.5, 0.6) is 0 Å². The number of piperidine rings is 1. The lowest BCUT2D eigenvalue weighted by Gasteiger charge is -2.29. The molecule has 1 saturated heterocycles. The van der Waals surface area contributed by atoms with Gasteiger partial charge in [0.1, 0.15) is 5.82 Å². The Hall–Kier alpha value is -1.40. The van der Waals surface area contributed by atoms with Crippen molar-refractivity contribution >= 4 is 11.7 Å². The number of carbonyl (C=O) groups excluding carboxylic acids is 1. The van der Waals surface area contributed by atoms with Gasteiger partial charge in [0.2, 0.25) is 5.91 Å². The molecule has 1 amide bonds. The van der Waals surface area contributed by atoms with Crippen LogP contribution in [0, 0.1) is 0 Å². The Kier molecular flexibility index (Phi) is 3.53. The number of hydrogen-bond acceptors (Lipinski definition) is 4. The van der Waals surface area contributed by atoms with Gasteiger partial charge in [0, 0.05) is 25.2 Å². The first-order valence-electron chi connectivity index (χ1n) is 5.51. The van der Waals surface area contributed by atoms with E-state index in [-0.39, 0.29) is 5.91 Å². The highest BCUT2D eigenvalue weighted by molar-refractivity contribution is 5.91. The third-order valence-electron chi connectivity index (χ3n) is 2.77. The quantitative estimate of drug-likeness (QED) is 0.660. The molecule has 0 saturated carbocycles. The topological polar surface area (TPSA) is 87.0 Å². The molecular formula is C10H17N5O. The van der Waals surface area contributed by atoms with E-state index in [0.717, 1.165) is 25.9 Å². The van der Waals surface area contributed by atoms with E-state index < -0.39 is 0 Å². The Morgan fingerprint density at radius 3 is 3.00 bits per heavy atom. The minimum Gasteiger partial charge on any atom is -0.328 e. The molecule has 1 aromatic rings. The van der Waals surface area contributed by atoms with Crippen molar-refractivity contribution in [1.82, 2.24) is 15.1 Å². The van der Waals surface area contributed by atoms with E-state index in [9.17, 15) is 4.79 Å². The Morgan fingerprint density at radius 2 is 2.38 bits per heavy atom. The first-order chi connectivity index (χ1) is 7.74. The highest BCUT2D eigenvalue weighted by Gasteiger charge is 2.18. The predicted molar refractivity (Wildman–Crippen MR) is 60.9 cm³/mol. The van der Waals surface area contributed by atoms with E-state index in [0.29, 0.717) is 18.4 Å². The Balaban J connectivity index is 1.75. The number of rotatable bonds is 3. The number of hydrogen-bond donors (Lipinski definition) is 3. The molecule has 4 N–H and O–H groups in total. The summed E-state index contributed by atoms with van der Waals surface area (Å²) >= 11 is 0. The minimum absolute atomic E-state index is 0.0141. The van der Waals surface area contributed by atoms with Crippen molar-refractivity contribution in [2.45, 2.75) is 18.9 Å². The van der Waals surface area contributed by atoms with Gasteiger partial charge in [-0.15, -0.1) is 0 Å². The van der Waals surface area contributed by atoms with Gasteiger partial charge in [0.15, 0.2) is 0 Å². The maximum atomic E-state index is 11.6. The number of carbonyl (C=O) groups is 1. The second-order valence-corrected chi connectivity index (χ2v) is 4.13. The van der Waals surface area contributed by atoms with Crippen molar-refractivity contribution in [3.05, 3.63) is 12.3 Å². The number of H-pyrrole nitrogens is 1. The molecular weight excluding hydrogens is 206 g/mol. The smallest absolute Gasteiger partial charge is 0.239 e. The minimum atomic E-state index is -0.0141. The molecule has 2 rings (SSSR count). The van der Waals surface area contributed by atoms with Gasteiger partial charge >= 0.3 is 0 Å². The van der Waals surface area contributed by atoms with Crippen LogP contribution in [0.4, 0.5) is 5.82 Å². The van der Waals surface area contributed by atoms with Gasteiger partial charge in [-0.3, -0.25) is 14.8 Å². The molecule has 0 atom stereocenters. The molecule has 0 aromatic carbocycles. The molecule has 16 heavy (non-hydrogen) atoms. The molecule has 1 fully saturated rings. The van der Waals surface area contributed by atoms with E-state index in [4.69, 9.17) is 5.73 Å². The average molecular weight is 223 g/mol. The van der Waals surface area contributed by atoms with E-state index in [1.165, 1.54) is 0 Å². The summed E-state index contributed by atoms with van der Waals surface area (Å²) in [5.41, 5.74) is 5.80. The van der Waals surface area contributed by atoms with Crippen molar-refractivity contribution in [2.24, 2.45) is 5.73 Å². The summed E-state index contributed by atoms with van der Waals surface area (Å²) in [6.45, 7) is 2.22. The number of nitrogens with one attached hydrogen (secondary N) is 2. The van der Waals surface area contributed by atoms with Crippen LogP contribution in [0.25, 0.3) is 0 Å². The number of anilines is 1. The monoisotopic (exact) mass is 223 g/mol. The van der Waals surface area contributed by atoms with Gasteiger partial charge < -0.3 is 11.1 Å². The van der Waals surface area contributed by atoms with Crippen LogP contribution in [-0.2, 0) is 4.79 Å². The van der Waals surface area contributed by atoms with E-state index in [2.05, 4.69) is 20.4 Å². The number of nitrogens with two attached hydrogens (primary N) is 1. The molecule has 1 aromatic heterocycles. The number of nitrogens with zero attached hydrogens (tertiary/aromatic N) is 2. The summed E-state index contributed by atoms with van der Waals surface area (Å²) in [5, 5.41) is 9.20. The molecule has 2 heterocycles.